The smallest absolute Gasteiger partial charge is 0.335 e. The maximum atomic E-state index is 14.4. The van der Waals surface area contributed by atoms with Gasteiger partial charge in [-0.25, -0.2) is 22.8 Å². The van der Waals surface area contributed by atoms with Gasteiger partial charge in [-0.05, 0) is 36.8 Å². The van der Waals surface area contributed by atoms with E-state index in [0.717, 1.165) is 17.0 Å². The monoisotopic (exact) mass is 412 g/mol. The summed E-state index contributed by atoms with van der Waals surface area (Å²) >= 11 is 5.81. The van der Waals surface area contributed by atoms with Gasteiger partial charge >= 0.3 is 12.0 Å². The van der Waals surface area contributed by atoms with Crippen LogP contribution in [0.15, 0.2) is 36.4 Å². The van der Waals surface area contributed by atoms with E-state index in [2.05, 4.69) is 0 Å². The Morgan fingerprint density at radius 1 is 1.18 bits per heavy atom. The largest absolute Gasteiger partial charge is 0.478 e. The predicted molar refractivity (Wildman–Crippen MR) is 97.4 cm³/mol. The van der Waals surface area contributed by atoms with Crippen molar-refractivity contribution < 1.29 is 27.9 Å². The highest BCUT2D eigenvalue weighted by atomic mass is 35.5. The number of hydrogen-bond acceptors (Lipinski definition) is 2. The van der Waals surface area contributed by atoms with Crippen molar-refractivity contribution in [2.75, 3.05) is 18.0 Å². The number of halogens is 4. The molecular weight excluding hydrogens is 397 g/mol. The minimum Gasteiger partial charge on any atom is -0.478 e. The molecule has 1 fully saturated rings. The molecule has 0 bridgehead atoms. The molecule has 9 heteroatoms. The Balaban J connectivity index is 1.95. The zero-order chi connectivity index (χ0) is 20.4. The van der Waals surface area contributed by atoms with E-state index in [1.807, 2.05) is 0 Å². The van der Waals surface area contributed by atoms with Crippen LogP contribution in [0.4, 0.5) is 23.7 Å². The molecule has 0 radical (unpaired) electrons. The lowest BCUT2D eigenvalue weighted by Gasteiger charge is -2.28. The maximum Gasteiger partial charge on any atom is 0.335 e. The number of hydrogen-bond donors (Lipinski definition) is 1. The molecule has 1 aliphatic heterocycles. The first kappa shape index (κ1) is 20.0. The summed E-state index contributed by atoms with van der Waals surface area (Å²) in [6, 6.07) is 6.35. The van der Waals surface area contributed by atoms with Crippen LogP contribution in [0.3, 0.4) is 0 Å². The molecule has 1 N–H and O–H groups in total. The van der Waals surface area contributed by atoms with Gasteiger partial charge in [0.1, 0.15) is 17.8 Å². The molecule has 1 atom stereocenters. The number of carbonyl (C=O) groups excluding carboxylic acids is 1. The highest BCUT2D eigenvalue weighted by molar-refractivity contribution is 6.31. The minimum atomic E-state index is -1.28. The number of aromatic carboxylic acids is 1. The fourth-order valence-corrected chi connectivity index (χ4v) is 3.14. The van der Waals surface area contributed by atoms with E-state index in [0.29, 0.717) is 0 Å². The van der Waals surface area contributed by atoms with E-state index in [9.17, 15) is 22.8 Å². The Bertz CT molecular complexity index is 925. The average molecular weight is 413 g/mol. The van der Waals surface area contributed by atoms with E-state index in [1.54, 1.807) is 0 Å². The number of alkyl halides is 1. The summed E-state index contributed by atoms with van der Waals surface area (Å²) in [6.45, 7) is -0.156. The fraction of sp³-hybridized carbons (Fsp3) is 0.263. The molecule has 1 aliphatic rings. The molecule has 28 heavy (non-hydrogen) atoms. The third-order valence-corrected chi connectivity index (χ3v) is 4.77. The number of benzene rings is 2. The van der Waals surface area contributed by atoms with Gasteiger partial charge in [-0.3, -0.25) is 4.90 Å². The van der Waals surface area contributed by atoms with Crippen LogP contribution in [0.5, 0.6) is 0 Å². The summed E-state index contributed by atoms with van der Waals surface area (Å²) in [5.74, 6) is -2.77. The van der Waals surface area contributed by atoms with Crippen LogP contribution in [0.2, 0.25) is 5.02 Å². The summed E-state index contributed by atoms with van der Waals surface area (Å²) in [4.78, 5) is 26.3. The molecule has 1 saturated heterocycles. The third kappa shape index (κ3) is 4.22. The summed E-state index contributed by atoms with van der Waals surface area (Å²) in [7, 11) is 0. The van der Waals surface area contributed by atoms with Crippen molar-refractivity contribution >= 4 is 29.3 Å². The topological polar surface area (TPSA) is 60.9 Å². The number of rotatable bonds is 4. The van der Waals surface area contributed by atoms with Gasteiger partial charge in [0.15, 0.2) is 0 Å². The molecule has 0 unspecified atom stereocenters. The van der Waals surface area contributed by atoms with Gasteiger partial charge in [0.2, 0.25) is 0 Å². The second-order valence-electron chi connectivity index (χ2n) is 6.41. The molecule has 0 aromatic heterocycles. The first-order valence-corrected chi connectivity index (χ1v) is 8.81. The van der Waals surface area contributed by atoms with Crippen LogP contribution in [0, 0.1) is 11.6 Å². The summed E-state index contributed by atoms with van der Waals surface area (Å²) in [5.41, 5.74) is 0.0268. The maximum absolute atomic E-state index is 14.4. The molecule has 1 heterocycles. The Morgan fingerprint density at radius 2 is 1.93 bits per heavy atom. The Hall–Kier alpha value is -2.74. The zero-order valence-corrected chi connectivity index (χ0v) is 15.3. The molecule has 2 aromatic carbocycles. The molecule has 3 rings (SSSR count). The van der Waals surface area contributed by atoms with Crippen LogP contribution >= 0.6 is 11.6 Å². The number of carboxylic acid groups (broad SMARTS) is 1. The van der Waals surface area contributed by atoms with Crippen molar-refractivity contribution in [1.82, 2.24) is 4.90 Å². The predicted octanol–water partition coefficient (Wildman–Crippen LogP) is 4.49. The van der Waals surface area contributed by atoms with Gasteiger partial charge in [-0.1, -0.05) is 17.7 Å². The van der Waals surface area contributed by atoms with Crippen molar-refractivity contribution in [3.8, 4) is 0 Å². The SMILES string of the molecule is O=C(O)c1ccc(CN(C(=O)N2CC[C@H](F)C2)c2ccc(F)c(Cl)c2)c(F)c1. The molecule has 2 amide bonds. The Labute approximate surface area is 163 Å². The van der Waals surface area contributed by atoms with Crippen LogP contribution in [0.1, 0.15) is 22.3 Å². The molecule has 2 aromatic rings. The van der Waals surface area contributed by atoms with Crippen molar-refractivity contribution in [2.45, 2.75) is 19.1 Å². The number of carboxylic acids is 1. The standard InChI is InChI=1S/C19H16ClF3N2O3/c20-15-8-14(3-4-16(15)22)25(19(28)24-6-5-13(21)10-24)9-12-2-1-11(18(26)27)7-17(12)23/h1-4,7-8,13H,5-6,9-10H2,(H,26,27)/t13-/m0/s1. The summed E-state index contributed by atoms with van der Waals surface area (Å²) < 4.78 is 41.4. The number of likely N-dealkylation sites (tertiary alicyclic amines) is 1. The van der Waals surface area contributed by atoms with E-state index in [-0.39, 0.29) is 47.9 Å². The second kappa shape index (κ2) is 8.10. The molecule has 148 valence electrons. The van der Waals surface area contributed by atoms with E-state index >= 15 is 0 Å². The van der Waals surface area contributed by atoms with Crippen LogP contribution in [0.25, 0.3) is 0 Å². The first-order chi connectivity index (χ1) is 13.3. The quantitative estimate of drug-likeness (QED) is 0.805. The summed E-state index contributed by atoms with van der Waals surface area (Å²) in [6.07, 6.45) is -0.944. The Morgan fingerprint density at radius 3 is 2.50 bits per heavy atom. The molecule has 5 nitrogen and oxygen atoms in total. The normalized spacial score (nSPS) is 16.3. The molecule has 0 spiro atoms. The van der Waals surface area contributed by atoms with Gasteiger partial charge < -0.3 is 10.0 Å². The average Bonchev–Trinajstić information content (AvgIpc) is 3.09. The van der Waals surface area contributed by atoms with Crippen molar-refractivity contribution in [1.29, 1.82) is 0 Å². The van der Waals surface area contributed by atoms with E-state index < -0.39 is 29.8 Å². The second-order valence-corrected chi connectivity index (χ2v) is 6.82. The van der Waals surface area contributed by atoms with Crippen LogP contribution in [-0.4, -0.2) is 41.3 Å². The summed E-state index contributed by atoms with van der Waals surface area (Å²) in [5, 5.41) is 8.73. The minimum absolute atomic E-state index is 0.0507. The lowest BCUT2D eigenvalue weighted by atomic mass is 10.1. The number of nitrogens with zero attached hydrogens (tertiary/aromatic N) is 2. The first-order valence-electron chi connectivity index (χ1n) is 8.43. The lowest BCUT2D eigenvalue weighted by Crippen LogP contribution is -2.42. The number of anilines is 1. The van der Waals surface area contributed by atoms with Gasteiger partial charge in [-0.2, -0.15) is 0 Å². The van der Waals surface area contributed by atoms with Gasteiger partial charge in [0.05, 0.1) is 23.7 Å². The van der Waals surface area contributed by atoms with Crippen LogP contribution < -0.4 is 4.90 Å². The van der Waals surface area contributed by atoms with E-state index in [1.165, 1.54) is 29.2 Å². The highest BCUT2D eigenvalue weighted by Crippen LogP contribution is 2.27. The zero-order valence-electron chi connectivity index (χ0n) is 14.5. The third-order valence-electron chi connectivity index (χ3n) is 4.48. The molecule has 0 saturated carbocycles. The van der Waals surface area contributed by atoms with Gasteiger partial charge in [-0.15, -0.1) is 0 Å². The molecule has 0 aliphatic carbocycles. The number of urea groups is 1. The fourth-order valence-electron chi connectivity index (χ4n) is 2.96. The molecular formula is C19H16ClF3N2O3. The van der Waals surface area contributed by atoms with Crippen LogP contribution in [-0.2, 0) is 6.54 Å². The van der Waals surface area contributed by atoms with Crippen molar-refractivity contribution in [3.63, 3.8) is 0 Å². The van der Waals surface area contributed by atoms with Crippen molar-refractivity contribution in [3.05, 3.63) is 64.2 Å². The highest BCUT2D eigenvalue weighted by Gasteiger charge is 2.30. The number of carbonyl (C=O) groups is 2. The van der Waals surface area contributed by atoms with Gasteiger partial charge in [0.25, 0.3) is 0 Å². The van der Waals surface area contributed by atoms with Gasteiger partial charge in [0, 0.05) is 17.8 Å². The number of amides is 2. The lowest BCUT2D eigenvalue weighted by molar-refractivity contribution is 0.0696. The van der Waals surface area contributed by atoms with Crippen molar-refractivity contribution in [2.24, 2.45) is 0 Å². The Kier molecular flexibility index (Phi) is 5.79. The van der Waals surface area contributed by atoms with E-state index in [4.69, 9.17) is 16.7 Å².